The lowest BCUT2D eigenvalue weighted by Gasteiger charge is -2.38. The van der Waals surface area contributed by atoms with Gasteiger partial charge in [-0.05, 0) is 50.1 Å². The number of hydrogen-bond donors (Lipinski definition) is 1. The number of aryl methyl sites for hydroxylation is 1. The molecule has 0 radical (unpaired) electrons. The highest BCUT2D eigenvalue weighted by Gasteiger charge is 2.31. The first-order chi connectivity index (χ1) is 12.9. The van der Waals surface area contributed by atoms with Gasteiger partial charge in [-0.15, -0.1) is 10.2 Å². The number of amides is 1. The zero-order valence-electron chi connectivity index (χ0n) is 15.2. The number of rotatable bonds is 5. The first-order valence-corrected chi connectivity index (χ1v) is 9.57. The lowest BCUT2D eigenvalue weighted by Crippen LogP contribution is -2.51. The van der Waals surface area contributed by atoms with Crippen molar-refractivity contribution in [1.82, 2.24) is 19.7 Å². The minimum Gasteiger partial charge on any atom is -0.334 e. The quantitative estimate of drug-likeness (QED) is 0.614. The number of piperidine rings is 1. The van der Waals surface area contributed by atoms with Crippen molar-refractivity contribution in [3.8, 4) is 0 Å². The maximum Gasteiger partial charge on any atom is 0.284 e. The molecule has 2 N–H and O–H groups in total. The Kier molecular flexibility index (Phi) is 5.76. The molecule has 3 rings (SSSR count). The topological polar surface area (TPSA) is 120 Å². The zero-order valence-corrected chi connectivity index (χ0v) is 16.1. The second kappa shape index (κ2) is 8.05. The molecular weight excluding hydrogens is 368 g/mol. The second-order valence-electron chi connectivity index (χ2n) is 6.69. The predicted molar refractivity (Wildman–Crippen MR) is 101 cm³/mol. The Balaban J connectivity index is 1.90. The van der Waals surface area contributed by atoms with Crippen LogP contribution in [0.4, 0.5) is 5.69 Å². The molecule has 2 unspecified atom stereocenters. The van der Waals surface area contributed by atoms with E-state index in [0.29, 0.717) is 22.2 Å². The molecule has 0 saturated carbocycles. The Bertz CT molecular complexity index is 853. The van der Waals surface area contributed by atoms with Gasteiger partial charge in [-0.25, -0.2) is 0 Å². The highest BCUT2D eigenvalue weighted by Crippen LogP contribution is 2.34. The molecule has 9 nitrogen and oxygen atoms in total. The van der Waals surface area contributed by atoms with Crippen LogP contribution in [0.15, 0.2) is 34.6 Å². The van der Waals surface area contributed by atoms with Gasteiger partial charge in [0, 0.05) is 37.3 Å². The van der Waals surface area contributed by atoms with Gasteiger partial charge in [-0.2, -0.15) is 0 Å². The average molecular weight is 390 g/mol. The van der Waals surface area contributed by atoms with E-state index in [1.54, 1.807) is 28.6 Å². The summed E-state index contributed by atoms with van der Waals surface area (Å²) < 4.78 is 1.68. The van der Waals surface area contributed by atoms with Gasteiger partial charge in [0.05, 0.1) is 9.82 Å². The summed E-state index contributed by atoms with van der Waals surface area (Å²) >= 11 is 1.14. The number of aromatic nitrogens is 3. The van der Waals surface area contributed by atoms with Crippen molar-refractivity contribution < 1.29 is 9.72 Å². The Labute approximate surface area is 161 Å². The molecule has 1 amide bonds. The van der Waals surface area contributed by atoms with Gasteiger partial charge < -0.3 is 15.2 Å². The Morgan fingerprint density at radius 3 is 2.85 bits per heavy atom. The number of carbonyl (C=O) groups excluding carboxylic acids is 1. The van der Waals surface area contributed by atoms with Crippen molar-refractivity contribution in [2.75, 3.05) is 6.54 Å². The van der Waals surface area contributed by atoms with Crippen LogP contribution in [0.2, 0.25) is 0 Å². The van der Waals surface area contributed by atoms with Crippen LogP contribution in [-0.4, -0.2) is 49.1 Å². The summed E-state index contributed by atoms with van der Waals surface area (Å²) in [6.45, 7) is 2.51. The Hall–Kier alpha value is -2.46. The smallest absolute Gasteiger partial charge is 0.284 e. The SMILES string of the molecule is CC(N)C1CCCCN1C(=O)c1ccc(Sc2nncn2C)c([N+](=O)[O-])c1. The number of likely N-dealkylation sites (tertiary alicyclic amines) is 1. The van der Waals surface area contributed by atoms with E-state index in [1.807, 2.05) is 6.92 Å². The summed E-state index contributed by atoms with van der Waals surface area (Å²) in [4.78, 5) is 26.2. The molecule has 2 atom stereocenters. The molecule has 27 heavy (non-hydrogen) atoms. The largest absolute Gasteiger partial charge is 0.334 e. The van der Waals surface area contributed by atoms with E-state index in [4.69, 9.17) is 5.73 Å². The minimum absolute atomic E-state index is 0.0435. The number of nitro groups is 1. The summed E-state index contributed by atoms with van der Waals surface area (Å²) in [7, 11) is 1.76. The van der Waals surface area contributed by atoms with Crippen LogP contribution < -0.4 is 5.73 Å². The van der Waals surface area contributed by atoms with Crippen molar-refractivity contribution in [3.05, 3.63) is 40.2 Å². The molecule has 1 saturated heterocycles. The third-order valence-corrected chi connectivity index (χ3v) is 5.81. The van der Waals surface area contributed by atoms with Crippen LogP contribution in [0.5, 0.6) is 0 Å². The van der Waals surface area contributed by atoms with Crippen LogP contribution in [0, 0.1) is 10.1 Å². The molecule has 144 valence electrons. The molecular formula is C17H22N6O3S. The van der Waals surface area contributed by atoms with Gasteiger partial charge >= 0.3 is 0 Å². The molecule has 1 fully saturated rings. The van der Waals surface area contributed by atoms with Gasteiger partial charge in [0.2, 0.25) is 0 Å². The summed E-state index contributed by atoms with van der Waals surface area (Å²) in [5.41, 5.74) is 6.23. The monoisotopic (exact) mass is 390 g/mol. The number of carbonyl (C=O) groups is 1. The van der Waals surface area contributed by atoms with Crippen molar-refractivity contribution >= 4 is 23.4 Å². The highest BCUT2D eigenvalue weighted by atomic mass is 32.2. The molecule has 0 aliphatic carbocycles. The third kappa shape index (κ3) is 4.11. The van der Waals surface area contributed by atoms with E-state index in [1.165, 1.54) is 12.4 Å². The maximum atomic E-state index is 13.0. The van der Waals surface area contributed by atoms with Crippen LogP contribution in [0.25, 0.3) is 0 Å². The number of nitrogens with two attached hydrogens (primary N) is 1. The van der Waals surface area contributed by atoms with Gasteiger partial charge in [0.1, 0.15) is 6.33 Å². The molecule has 1 aliphatic rings. The van der Waals surface area contributed by atoms with E-state index >= 15 is 0 Å². The number of benzene rings is 1. The van der Waals surface area contributed by atoms with E-state index in [2.05, 4.69) is 10.2 Å². The van der Waals surface area contributed by atoms with Crippen LogP contribution in [0.1, 0.15) is 36.5 Å². The molecule has 2 heterocycles. The molecule has 0 bridgehead atoms. The van der Waals surface area contributed by atoms with Gasteiger partial charge in [0.25, 0.3) is 11.6 Å². The van der Waals surface area contributed by atoms with Crippen molar-refractivity contribution in [2.45, 2.75) is 48.3 Å². The van der Waals surface area contributed by atoms with Crippen LogP contribution in [0.3, 0.4) is 0 Å². The molecule has 10 heteroatoms. The average Bonchev–Trinajstić information content (AvgIpc) is 3.06. The fraction of sp³-hybridized carbons (Fsp3) is 0.471. The molecule has 2 aromatic rings. The second-order valence-corrected chi connectivity index (χ2v) is 7.70. The highest BCUT2D eigenvalue weighted by molar-refractivity contribution is 7.99. The maximum absolute atomic E-state index is 13.0. The lowest BCUT2D eigenvalue weighted by atomic mass is 9.96. The van der Waals surface area contributed by atoms with Crippen molar-refractivity contribution in [1.29, 1.82) is 0 Å². The van der Waals surface area contributed by atoms with Crippen molar-refractivity contribution in [3.63, 3.8) is 0 Å². The number of nitro benzene ring substituents is 1. The number of nitrogens with zero attached hydrogens (tertiary/aromatic N) is 5. The summed E-state index contributed by atoms with van der Waals surface area (Å²) in [5, 5.41) is 19.8. The Morgan fingerprint density at radius 1 is 1.44 bits per heavy atom. The van der Waals surface area contributed by atoms with Gasteiger partial charge in [-0.1, -0.05) is 0 Å². The molecule has 0 spiro atoms. The normalized spacial score (nSPS) is 18.3. The molecule has 1 aromatic carbocycles. The van der Waals surface area contributed by atoms with Crippen LogP contribution >= 0.6 is 11.8 Å². The van der Waals surface area contributed by atoms with Crippen molar-refractivity contribution in [2.24, 2.45) is 12.8 Å². The molecule has 1 aliphatic heterocycles. The lowest BCUT2D eigenvalue weighted by molar-refractivity contribution is -0.387. The van der Waals surface area contributed by atoms with Crippen LogP contribution in [-0.2, 0) is 7.05 Å². The third-order valence-electron chi connectivity index (χ3n) is 4.69. The minimum atomic E-state index is -0.477. The predicted octanol–water partition coefficient (Wildman–Crippen LogP) is 2.22. The number of hydrogen-bond acceptors (Lipinski definition) is 7. The zero-order chi connectivity index (χ0) is 19.6. The van der Waals surface area contributed by atoms with E-state index in [0.717, 1.165) is 31.0 Å². The first-order valence-electron chi connectivity index (χ1n) is 8.75. The van der Waals surface area contributed by atoms with Gasteiger partial charge in [0.15, 0.2) is 5.16 Å². The Morgan fingerprint density at radius 2 is 2.22 bits per heavy atom. The standard InChI is InChI=1S/C17H22N6O3S/c1-11(18)13-5-3-4-8-22(13)16(24)12-6-7-15(14(9-12)23(25)26)27-17-20-19-10-21(17)2/h6-7,9-11,13H,3-5,8,18H2,1-2H3. The van der Waals surface area contributed by atoms with E-state index < -0.39 is 4.92 Å². The summed E-state index contributed by atoms with van der Waals surface area (Å²) in [6.07, 6.45) is 4.32. The van der Waals surface area contributed by atoms with E-state index in [-0.39, 0.29) is 23.7 Å². The molecule has 1 aromatic heterocycles. The van der Waals surface area contributed by atoms with E-state index in [9.17, 15) is 14.9 Å². The van der Waals surface area contributed by atoms with Gasteiger partial charge in [-0.3, -0.25) is 14.9 Å². The fourth-order valence-electron chi connectivity index (χ4n) is 3.26. The summed E-state index contributed by atoms with van der Waals surface area (Å²) in [5.74, 6) is -0.213. The first kappa shape index (κ1) is 19.3. The summed E-state index contributed by atoms with van der Waals surface area (Å²) in [6, 6.07) is 4.37. The fourth-order valence-corrected chi connectivity index (χ4v) is 4.11.